The van der Waals surface area contributed by atoms with Crippen molar-refractivity contribution in [3.8, 4) is 0 Å². The fraction of sp³-hybridized carbons (Fsp3) is 0.958. The SMILES string of the molecule is C[C@@H]1O[C@@H](O[C@H]2[C@H](O)[C@@H](O)[C@H](O[C@H]3CC[C@@]4(C)C(CC[C@]5(C)C4C=CC46OCC7(CCC(C)(C)CC74)[C@@H](O)C[C@]65C)C3(C)C)O[C@@H]2CO[C@@H]2O[C@H](CO)[C@@H](O)[C@H](O)[C@H]2O)[C@H](O)[C@H](O)[C@H]1O. The van der Waals surface area contributed by atoms with Gasteiger partial charge in [-0.25, -0.2) is 0 Å². The Morgan fingerprint density at radius 3 is 1.98 bits per heavy atom. The maximum Gasteiger partial charge on any atom is 0.187 e. The molecule has 9 aliphatic rings. The van der Waals surface area contributed by atoms with E-state index in [1.54, 1.807) is 0 Å². The first-order valence-corrected chi connectivity index (χ1v) is 24.3. The van der Waals surface area contributed by atoms with Gasteiger partial charge < -0.3 is 84.2 Å². The molecule has 4 saturated carbocycles. The summed E-state index contributed by atoms with van der Waals surface area (Å²) in [6, 6.07) is 0. The van der Waals surface area contributed by atoms with Crippen molar-refractivity contribution in [1.29, 1.82) is 0 Å². The van der Waals surface area contributed by atoms with Crippen LogP contribution in [0, 0.1) is 50.2 Å². The van der Waals surface area contributed by atoms with Crippen molar-refractivity contribution in [2.75, 3.05) is 19.8 Å². The second kappa shape index (κ2) is 16.6. The summed E-state index contributed by atoms with van der Waals surface area (Å²) in [7, 11) is 0. The Balaban J connectivity index is 0.958. The van der Waals surface area contributed by atoms with Gasteiger partial charge in [-0.15, -0.1) is 0 Å². The highest BCUT2D eigenvalue weighted by Crippen LogP contribution is 2.79. The quantitative estimate of drug-likeness (QED) is 0.118. The van der Waals surface area contributed by atoms with Gasteiger partial charge in [0.05, 0.1) is 43.7 Å². The summed E-state index contributed by atoms with van der Waals surface area (Å²) in [5, 5.41) is 109. The molecular weight excluding hydrogens is 849 g/mol. The Kier molecular flexibility index (Phi) is 12.5. The number of rotatable bonds is 8. The van der Waals surface area contributed by atoms with Gasteiger partial charge in [0.25, 0.3) is 0 Å². The van der Waals surface area contributed by atoms with Crippen LogP contribution in [0.4, 0.5) is 0 Å². The van der Waals surface area contributed by atoms with Crippen LogP contribution in [0.5, 0.6) is 0 Å². The van der Waals surface area contributed by atoms with Gasteiger partial charge in [0.1, 0.15) is 67.1 Å². The van der Waals surface area contributed by atoms with Crippen LogP contribution in [-0.4, -0.2) is 181 Å². The summed E-state index contributed by atoms with van der Waals surface area (Å²) < 4.78 is 43.5. The first kappa shape index (κ1) is 49.1. The average molecular weight is 927 g/mol. The van der Waals surface area contributed by atoms with E-state index in [1.165, 1.54) is 6.92 Å². The number of aliphatic hydroxyl groups is 10. The van der Waals surface area contributed by atoms with Gasteiger partial charge in [-0.2, -0.15) is 0 Å². The number of allylic oxidation sites excluding steroid dienone is 1. The van der Waals surface area contributed by atoms with E-state index in [1.807, 2.05) is 0 Å². The first-order valence-electron chi connectivity index (χ1n) is 24.3. The normalized spacial score (nSPS) is 58.0. The number of ether oxygens (including phenoxy) is 7. The summed E-state index contributed by atoms with van der Waals surface area (Å²) in [4.78, 5) is 0. The van der Waals surface area contributed by atoms with Gasteiger partial charge in [0, 0.05) is 16.7 Å². The average Bonchev–Trinajstić information content (AvgIpc) is 3.52. The molecule has 5 unspecified atom stereocenters. The Bertz CT molecular complexity index is 1780. The lowest BCUT2D eigenvalue weighted by molar-refractivity contribution is -0.374. The number of hydrogen-bond acceptors (Lipinski definition) is 17. The molecule has 0 aromatic heterocycles. The zero-order valence-corrected chi connectivity index (χ0v) is 39.3. The van der Waals surface area contributed by atoms with Crippen molar-refractivity contribution < 1.29 is 84.2 Å². The molecule has 0 aromatic carbocycles. The molecule has 9 rings (SSSR count). The van der Waals surface area contributed by atoms with Gasteiger partial charge in [0.15, 0.2) is 18.9 Å². The Morgan fingerprint density at radius 1 is 0.631 bits per heavy atom. The van der Waals surface area contributed by atoms with Gasteiger partial charge in [0.2, 0.25) is 0 Å². The third-order valence-electron chi connectivity index (χ3n) is 19.9. The lowest BCUT2D eigenvalue weighted by Gasteiger charge is -2.73. The maximum absolute atomic E-state index is 12.2. The van der Waals surface area contributed by atoms with Crippen molar-refractivity contribution in [2.45, 2.75) is 217 Å². The third-order valence-corrected chi connectivity index (χ3v) is 19.9. The predicted octanol–water partition coefficient (Wildman–Crippen LogP) is 0.629. The minimum atomic E-state index is -1.75. The molecule has 25 atom stereocenters. The molecule has 372 valence electrons. The van der Waals surface area contributed by atoms with E-state index in [9.17, 15) is 51.1 Å². The van der Waals surface area contributed by atoms with E-state index in [4.69, 9.17) is 33.2 Å². The van der Waals surface area contributed by atoms with Gasteiger partial charge in [-0.3, -0.25) is 0 Å². The van der Waals surface area contributed by atoms with E-state index < -0.39 is 129 Å². The summed E-state index contributed by atoms with van der Waals surface area (Å²) in [5.41, 5.74) is -1.61. The molecular formula is C48H78O17. The second-order valence-electron chi connectivity index (χ2n) is 24.0. The van der Waals surface area contributed by atoms with Crippen LogP contribution in [-0.2, 0) is 33.2 Å². The largest absolute Gasteiger partial charge is 0.394 e. The zero-order chi connectivity index (χ0) is 47.2. The van der Waals surface area contributed by atoms with Crippen LogP contribution in [0.25, 0.3) is 0 Å². The van der Waals surface area contributed by atoms with Crippen molar-refractivity contribution in [3.63, 3.8) is 0 Å². The fourth-order valence-electron chi connectivity index (χ4n) is 15.7. The van der Waals surface area contributed by atoms with E-state index in [2.05, 4.69) is 60.6 Å². The van der Waals surface area contributed by atoms with Crippen LogP contribution in [0.2, 0.25) is 0 Å². The Labute approximate surface area is 382 Å². The smallest absolute Gasteiger partial charge is 0.187 e. The molecule has 10 N–H and O–H groups in total. The third kappa shape index (κ3) is 7.09. The van der Waals surface area contributed by atoms with Crippen LogP contribution >= 0.6 is 0 Å². The Hall–Kier alpha value is -0.940. The van der Waals surface area contributed by atoms with Crippen LogP contribution in [0.1, 0.15) is 107 Å². The summed E-state index contributed by atoms with van der Waals surface area (Å²) in [5.74, 6) is 0.593. The van der Waals surface area contributed by atoms with Gasteiger partial charge in [-0.1, -0.05) is 60.6 Å². The minimum Gasteiger partial charge on any atom is -0.394 e. The molecule has 0 aromatic rings. The standard InChI is InChI=1S/C48H78O17/c1-22-30(51)32(53)36(57)40(61-22)65-38-24(20-59-39-35(56)33(54)31(52)23(19-49)62-39)63-41(37(58)34(38)55)64-29-11-12-44(6)25(43(29,4)5)9-13-45(7)26(44)10-14-48-27-17-42(2,3)15-16-47(27,21-60-48)28(50)18-46(45,48)8/h10,14,22-41,49-58H,9,11-13,15-21H2,1-8H3/t22-,23+,24+,25?,26?,27?,28-,29-,30-,31+,32+,33-,34+,35+,36+,37+,38+,39+,40-,41-,44-,45+,46-,47?,48?/m0/s1. The summed E-state index contributed by atoms with van der Waals surface area (Å²) in [6.45, 7) is 17.2. The highest BCUT2D eigenvalue weighted by Gasteiger charge is 2.79. The van der Waals surface area contributed by atoms with E-state index in [-0.39, 0.29) is 44.8 Å². The van der Waals surface area contributed by atoms with Gasteiger partial charge in [-0.05, 0) is 91.8 Å². The summed E-state index contributed by atoms with van der Waals surface area (Å²) in [6.07, 6.45) is -12.0. The van der Waals surface area contributed by atoms with Crippen molar-refractivity contribution in [2.24, 2.45) is 50.2 Å². The Morgan fingerprint density at radius 2 is 1.28 bits per heavy atom. The maximum atomic E-state index is 12.2. The minimum absolute atomic E-state index is 0.163. The zero-order valence-electron chi connectivity index (χ0n) is 39.3. The second-order valence-corrected chi connectivity index (χ2v) is 24.0. The van der Waals surface area contributed by atoms with Crippen LogP contribution in [0.3, 0.4) is 0 Å². The molecule has 8 fully saturated rings. The highest BCUT2D eigenvalue weighted by atomic mass is 16.8. The van der Waals surface area contributed by atoms with Gasteiger partial charge >= 0.3 is 0 Å². The lowest BCUT2D eigenvalue weighted by Crippen LogP contribution is -2.72. The number of hydrogen-bond donors (Lipinski definition) is 10. The topological polar surface area (TPSA) is 267 Å². The fourth-order valence-corrected chi connectivity index (χ4v) is 15.7. The van der Waals surface area contributed by atoms with E-state index in [0.717, 1.165) is 38.5 Å². The first-order chi connectivity index (χ1) is 30.3. The molecule has 17 nitrogen and oxygen atoms in total. The predicted molar refractivity (Wildman–Crippen MR) is 228 cm³/mol. The molecule has 2 bridgehead atoms. The highest BCUT2D eigenvalue weighted by molar-refractivity contribution is 5.36. The van der Waals surface area contributed by atoms with Crippen LogP contribution in [0.15, 0.2) is 12.2 Å². The van der Waals surface area contributed by atoms with E-state index >= 15 is 0 Å². The lowest BCUT2D eigenvalue weighted by atomic mass is 9.32. The number of aliphatic hydroxyl groups excluding tert-OH is 10. The molecule has 17 heteroatoms. The molecule has 65 heavy (non-hydrogen) atoms. The van der Waals surface area contributed by atoms with Crippen molar-refractivity contribution in [3.05, 3.63) is 12.2 Å². The molecule has 4 saturated heterocycles. The molecule has 0 amide bonds. The van der Waals surface area contributed by atoms with E-state index in [0.29, 0.717) is 19.4 Å². The van der Waals surface area contributed by atoms with Crippen molar-refractivity contribution in [1.82, 2.24) is 0 Å². The number of fused-ring (bicyclic) bond motifs is 4. The molecule has 0 radical (unpaired) electrons. The van der Waals surface area contributed by atoms with Crippen LogP contribution < -0.4 is 0 Å². The molecule has 4 aliphatic heterocycles. The molecule has 4 heterocycles. The monoisotopic (exact) mass is 927 g/mol. The molecule has 5 aliphatic carbocycles. The van der Waals surface area contributed by atoms with Crippen molar-refractivity contribution >= 4 is 0 Å². The molecule has 1 spiro atoms. The summed E-state index contributed by atoms with van der Waals surface area (Å²) >= 11 is 0.